The normalized spacial score (nSPS) is 19.8. The van der Waals surface area contributed by atoms with Gasteiger partial charge in [-0.1, -0.05) is 42.8 Å². The molecule has 1 aliphatic carbocycles. The minimum atomic E-state index is -0.487. The van der Waals surface area contributed by atoms with Gasteiger partial charge < -0.3 is 14.8 Å². The van der Waals surface area contributed by atoms with Crippen molar-refractivity contribution in [2.24, 2.45) is 0 Å². The molecule has 0 radical (unpaired) electrons. The highest BCUT2D eigenvalue weighted by atomic mass is 35.5. The van der Waals surface area contributed by atoms with E-state index in [1.807, 2.05) is 43.3 Å². The standard InChI is InChI=1S/C28H30ClNO4S/c1-4-35-14-13-34-28(32)25-17(2)30-23-15-20(18-7-11-22(33-3)12-8-18)16-24(31)27(23)26(25)19-5-9-21(29)10-6-19/h5-12,20,26,30H,4,13-16H2,1-3H3/t20-,26-/m1/s1. The number of Topliss-reactive ketones (excluding diaryl/α,β-unsaturated/α-hetero) is 1. The molecule has 184 valence electrons. The van der Waals surface area contributed by atoms with Crippen LogP contribution in [0.3, 0.4) is 0 Å². The number of rotatable bonds is 8. The first-order chi connectivity index (χ1) is 16.9. The molecular formula is C28H30ClNO4S. The summed E-state index contributed by atoms with van der Waals surface area (Å²) in [6, 6.07) is 15.2. The highest BCUT2D eigenvalue weighted by Gasteiger charge is 2.41. The second-order valence-corrected chi connectivity index (χ2v) is 10.5. The third kappa shape index (κ3) is 5.60. The molecule has 5 nitrogen and oxygen atoms in total. The summed E-state index contributed by atoms with van der Waals surface area (Å²) in [5.41, 5.74) is 4.68. The number of thioether (sulfide) groups is 1. The Morgan fingerprint density at radius 3 is 2.43 bits per heavy atom. The van der Waals surface area contributed by atoms with Gasteiger partial charge in [-0.15, -0.1) is 0 Å². The van der Waals surface area contributed by atoms with Crippen molar-refractivity contribution in [3.8, 4) is 5.75 Å². The van der Waals surface area contributed by atoms with Gasteiger partial charge in [-0.05, 0) is 60.4 Å². The predicted octanol–water partition coefficient (Wildman–Crippen LogP) is 6.01. The monoisotopic (exact) mass is 511 g/mol. The molecule has 0 fully saturated rings. The van der Waals surface area contributed by atoms with E-state index in [4.69, 9.17) is 21.1 Å². The van der Waals surface area contributed by atoms with E-state index in [1.165, 1.54) is 0 Å². The fourth-order valence-electron chi connectivity index (χ4n) is 4.83. The Morgan fingerprint density at radius 1 is 1.09 bits per heavy atom. The summed E-state index contributed by atoms with van der Waals surface area (Å²) in [5.74, 6) is 1.71. The molecule has 0 amide bonds. The number of ketones is 1. The highest BCUT2D eigenvalue weighted by Crippen LogP contribution is 2.46. The molecule has 1 aliphatic heterocycles. The molecule has 1 heterocycles. The van der Waals surface area contributed by atoms with E-state index < -0.39 is 5.92 Å². The zero-order chi connectivity index (χ0) is 24.9. The Bertz CT molecular complexity index is 1150. The lowest BCUT2D eigenvalue weighted by Gasteiger charge is -2.36. The summed E-state index contributed by atoms with van der Waals surface area (Å²) in [6.07, 6.45) is 1.07. The van der Waals surface area contributed by atoms with Crippen LogP contribution in [0, 0.1) is 0 Å². The van der Waals surface area contributed by atoms with E-state index in [9.17, 15) is 9.59 Å². The molecule has 0 saturated heterocycles. The second kappa shape index (κ2) is 11.4. The first-order valence-corrected chi connectivity index (χ1v) is 13.3. The number of nitrogens with one attached hydrogen (secondary N) is 1. The summed E-state index contributed by atoms with van der Waals surface area (Å²) in [4.78, 5) is 26.9. The van der Waals surface area contributed by atoms with E-state index >= 15 is 0 Å². The zero-order valence-corrected chi connectivity index (χ0v) is 21.8. The third-order valence-electron chi connectivity index (χ3n) is 6.50. The Kier molecular flexibility index (Phi) is 8.24. The number of dihydropyridines is 1. The van der Waals surface area contributed by atoms with Crippen molar-refractivity contribution in [1.29, 1.82) is 0 Å². The summed E-state index contributed by atoms with van der Waals surface area (Å²) < 4.78 is 10.9. The van der Waals surface area contributed by atoms with Crippen molar-refractivity contribution in [2.45, 2.75) is 38.5 Å². The maximum atomic E-state index is 13.6. The van der Waals surface area contributed by atoms with Crippen LogP contribution < -0.4 is 10.1 Å². The minimum absolute atomic E-state index is 0.0406. The van der Waals surface area contributed by atoms with Gasteiger partial charge in [0.25, 0.3) is 0 Å². The topological polar surface area (TPSA) is 64.6 Å². The number of allylic oxidation sites excluding steroid dienone is 3. The largest absolute Gasteiger partial charge is 0.497 e. The summed E-state index contributed by atoms with van der Waals surface area (Å²) in [7, 11) is 1.64. The van der Waals surface area contributed by atoms with Gasteiger partial charge >= 0.3 is 5.97 Å². The van der Waals surface area contributed by atoms with E-state index in [-0.39, 0.29) is 17.7 Å². The number of hydrogen-bond acceptors (Lipinski definition) is 6. The first-order valence-electron chi connectivity index (χ1n) is 11.8. The number of ether oxygens (including phenoxy) is 2. The average molecular weight is 512 g/mol. The molecule has 1 N–H and O–H groups in total. The van der Waals surface area contributed by atoms with Crippen LogP contribution in [0.15, 0.2) is 71.1 Å². The van der Waals surface area contributed by atoms with Crippen LogP contribution in [0.5, 0.6) is 5.75 Å². The maximum Gasteiger partial charge on any atom is 0.336 e. The second-order valence-electron chi connectivity index (χ2n) is 8.67. The fraction of sp³-hybridized carbons (Fsp3) is 0.357. The molecular weight excluding hydrogens is 482 g/mol. The van der Waals surface area contributed by atoms with Gasteiger partial charge in [0.15, 0.2) is 5.78 Å². The molecule has 2 aromatic carbocycles. The number of esters is 1. The molecule has 35 heavy (non-hydrogen) atoms. The Balaban J connectivity index is 1.69. The van der Waals surface area contributed by atoms with Gasteiger partial charge in [-0.3, -0.25) is 4.79 Å². The Hall–Kier alpha value is -2.70. The molecule has 7 heteroatoms. The summed E-state index contributed by atoms with van der Waals surface area (Å²) in [5, 5.41) is 4.00. The first kappa shape index (κ1) is 25.4. The van der Waals surface area contributed by atoms with Gasteiger partial charge in [0, 0.05) is 40.1 Å². The van der Waals surface area contributed by atoms with Crippen molar-refractivity contribution in [3.63, 3.8) is 0 Å². The number of methoxy groups -OCH3 is 1. The minimum Gasteiger partial charge on any atom is -0.497 e. The number of halogens is 1. The molecule has 0 aromatic heterocycles. The van der Waals surface area contributed by atoms with Gasteiger partial charge in [0.1, 0.15) is 12.4 Å². The predicted molar refractivity (Wildman–Crippen MR) is 141 cm³/mol. The van der Waals surface area contributed by atoms with Crippen LogP contribution >= 0.6 is 23.4 Å². The van der Waals surface area contributed by atoms with Gasteiger partial charge in [-0.25, -0.2) is 4.79 Å². The molecule has 2 aliphatic rings. The van der Waals surface area contributed by atoms with Crippen LogP contribution in [0.4, 0.5) is 0 Å². The lowest BCUT2D eigenvalue weighted by atomic mass is 9.72. The third-order valence-corrected chi connectivity index (χ3v) is 7.62. The summed E-state index contributed by atoms with van der Waals surface area (Å²) >= 11 is 7.87. The van der Waals surface area contributed by atoms with Crippen molar-refractivity contribution in [2.75, 3.05) is 25.2 Å². The van der Waals surface area contributed by atoms with Crippen LogP contribution in [0.1, 0.15) is 49.7 Å². The lowest BCUT2D eigenvalue weighted by Crippen LogP contribution is -2.36. The maximum absolute atomic E-state index is 13.6. The Morgan fingerprint density at radius 2 is 1.77 bits per heavy atom. The smallest absolute Gasteiger partial charge is 0.336 e. The molecule has 0 bridgehead atoms. The van der Waals surface area contributed by atoms with Crippen molar-refractivity contribution in [3.05, 3.63) is 87.2 Å². The molecule has 0 unspecified atom stereocenters. The van der Waals surface area contributed by atoms with Gasteiger partial charge in [0.05, 0.1) is 12.7 Å². The lowest BCUT2D eigenvalue weighted by molar-refractivity contribution is -0.138. The highest BCUT2D eigenvalue weighted by molar-refractivity contribution is 7.99. The number of benzene rings is 2. The van der Waals surface area contributed by atoms with E-state index in [2.05, 4.69) is 12.2 Å². The average Bonchev–Trinajstić information content (AvgIpc) is 2.86. The zero-order valence-electron chi connectivity index (χ0n) is 20.2. The van der Waals surface area contributed by atoms with E-state index in [0.717, 1.165) is 39.8 Å². The fourth-order valence-corrected chi connectivity index (χ4v) is 5.44. The number of hydrogen-bond donors (Lipinski definition) is 1. The van der Waals surface area contributed by atoms with E-state index in [1.54, 1.807) is 31.0 Å². The van der Waals surface area contributed by atoms with Crippen molar-refractivity contribution >= 4 is 35.1 Å². The SMILES string of the molecule is CCSCCOC(=O)C1=C(C)NC2=C(C(=O)C[C@H](c3ccc(OC)cc3)C2)[C@@H]1c1ccc(Cl)cc1. The molecule has 4 rings (SSSR count). The van der Waals surface area contributed by atoms with Crippen LogP contribution in [0.25, 0.3) is 0 Å². The van der Waals surface area contributed by atoms with Crippen molar-refractivity contribution < 1.29 is 19.1 Å². The number of carbonyl (C=O) groups is 2. The van der Waals surface area contributed by atoms with Crippen LogP contribution in [-0.4, -0.2) is 37.0 Å². The molecule has 2 aromatic rings. The Labute approximate surface area is 215 Å². The number of carbonyl (C=O) groups excluding carboxylic acids is 2. The quantitative estimate of drug-likeness (QED) is 0.346. The van der Waals surface area contributed by atoms with Crippen LogP contribution in [-0.2, 0) is 14.3 Å². The molecule has 2 atom stereocenters. The molecule has 0 saturated carbocycles. The van der Waals surface area contributed by atoms with Gasteiger partial charge in [-0.2, -0.15) is 11.8 Å². The molecule has 0 spiro atoms. The summed E-state index contributed by atoms with van der Waals surface area (Å²) in [6.45, 7) is 4.29. The van der Waals surface area contributed by atoms with E-state index in [0.29, 0.717) is 35.6 Å². The van der Waals surface area contributed by atoms with Crippen LogP contribution in [0.2, 0.25) is 5.02 Å². The van der Waals surface area contributed by atoms with Gasteiger partial charge in [0.2, 0.25) is 0 Å². The van der Waals surface area contributed by atoms with Crippen molar-refractivity contribution in [1.82, 2.24) is 5.32 Å².